The van der Waals surface area contributed by atoms with Crippen LogP contribution in [-0.2, 0) is 4.79 Å². The van der Waals surface area contributed by atoms with Crippen LogP contribution in [0.1, 0.15) is 19.3 Å². The van der Waals surface area contributed by atoms with Gasteiger partial charge in [0.15, 0.2) is 0 Å². The summed E-state index contributed by atoms with van der Waals surface area (Å²) in [5.41, 5.74) is 0.663. The molecule has 0 bridgehead atoms. The van der Waals surface area contributed by atoms with E-state index < -0.39 is 0 Å². The molecule has 1 aromatic carbocycles. The average molecular weight is 338 g/mol. The van der Waals surface area contributed by atoms with Gasteiger partial charge in [-0.05, 0) is 31.4 Å². The second kappa shape index (κ2) is 6.71. The molecule has 0 fully saturated rings. The summed E-state index contributed by atoms with van der Waals surface area (Å²) in [4.78, 5) is 18.8. The minimum absolute atomic E-state index is 0.0462. The number of benzene rings is 1. The van der Waals surface area contributed by atoms with Gasteiger partial charge >= 0.3 is 0 Å². The summed E-state index contributed by atoms with van der Waals surface area (Å²) in [6.07, 6.45) is 6.88. The Morgan fingerprint density at radius 2 is 2.18 bits per heavy atom. The number of carbonyl (C=O) groups excluding carboxylic acids is 1. The van der Waals surface area contributed by atoms with Crippen LogP contribution in [0.15, 0.2) is 35.3 Å². The van der Waals surface area contributed by atoms with Crippen molar-refractivity contribution < 1.29 is 4.79 Å². The highest BCUT2D eigenvalue weighted by Gasteiger charge is 2.30. The Hall–Kier alpha value is -1.52. The smallest absolute Gasteiger partial charge is 0.232 e. The van der Waals surface area contributed by atoms with Gasteiger partial charge in [-0.1, -0.05) is 41.4 Å². The van der Waals surface area contributed by atoms with Crippen molar-refractivity contribution in [3.8, 4) is 0 Å². The molecule has 1 aliphatic heterocycles. The van der Waals surface area contributed by atoms with Crippen molar-refractivity contribution in [3.63, 3.8) is 0 Å². The molecule has 0 saturated heterocycles. The van der Waals surface area contributed by atoms with Crippen LogP contribution in [0.5, 0.6) is 0 Å². The van der Waals surface area contributed by atoms with Crippen LogP contribution < -0.4 is 5.32 Å². The van der Waals surface area contributed by atoms with Crippen molar-refractivity contribution >= 4 is 40.8 Å². The zero-order valence-corrected chi connectivity index (χ0v) is 13.6. The number of allylic oxidation sites excluding steroid dienone is 2. The summed E-state index contributed by atoms with van der Waals surface area (Å²) < 4.78 is 0. The van der Waals surface area contributed by atoms with E-state index in [0.717, 1.165) is 19.3 Å². The molecule has 22 heavy (non-hydrogen) atoms. The van der Waals surface area contributed by atoms with Crippen LogP contribution in [0.2, 0.25) is 10.0 Å². The number of amides is 1. The summed E-state index contributed by atoms with van der Waals surface area (Å²) in [6, 6.07) is 5.36. The third kappa shape index (κ3) is 3.13. The first kappa shape index (κ1) is 15.4. The number of carbonyl (C=O) groups is 1. The lowest BCUT2D eigenvalue weighted by molar-refractivity contribution is -0.131. The van der Waals surface area contributed by atoms with E-state index in [2.05, 4.69) is 22.5 Å². The van der Waals surface area contributed by atoms with Crippen LogP contribution in [0, 0.1) is 5.92 Å². The summed E-state index contributed by atoms with van der Waals surface area (Å²) in [6.45, 7) is 1.22. The Bertz CT molecular complexity index is 642. The highest BCUT2D eigenvalue weighted by Crippen LogP contribution is 2.30. The number of rotatable bonds is 2. The lowest BCUT2D eigenvalue weighted by atomic mass is 9.93. The molecule has 2 aliphatic rings. The molecule has 1 aromatic rings. The Kier molecular flexibility index (Phi) is 4.69. The van der Waals surface area contributed by atoms with Crippen LogP contribution in [0.4, 0.5) is 5.69 Å². The van der Waals surface area contributed by atoms with Gasteiger partial charge in [0.05, 0.1) is 22.3 Å². The largest absolute Gasteiger partial charge is 0.324 e. The lowest BCUT2D eigenvalue weighted by Crippen LogP contribution is -2.42. The zero-order chi connectivity index (χ0) is 15.5. The quantitative estimate of drug-likeness (QED) is 0.830. The van der Waals surface area contributed by atoms with E-state index in [1.807, 2.05) is 12.1 Å². The number of aliphatic imine (C=N–C) groups is 1. The number of anilines is 1. The van der Waals surface area contributed by atoms with E-state index in [4.69, 9.17) is 23.2 Å². The molecule has 116 valence electrons. The third-order valence-corrected chi connectivity index (χ3v) is 4.74. The summed E-state index contributed by atoms with van der Waals surface area (Å²) in [5, 5.41) is 4.05. The molecule has 1 aliphatic carbocycles. The standard InChI is InChI=1S/C16H17Cl2N3O/c17-12-7-4-8-13(14(12)18)20-16-19-9-10-21(16)15(22)11-5-2-1-3-6-11/h1-2,4,7-8,11H,3,5-6,9-10H2,(H,19,20). The maximum Gasteiger partial charge on any atom is 0.232 e. The summed E-state index contributed by atoms with van der Waals surface area (Å²) in [5.74, 6) is 0.736. The van der Waals surface area contributed by atoms with Gasteiger partial charge in [-0.3, -0.25) is 14.7 Å². The number of hydrogen-bond donors (Lipinski definition) is 1. The van der Waals surface area contributed by atoms with Gasteiger partial charge in [0, 0.05) is 12.5 Å². The number of guanidine groups is 1. The van der Waals surface area contributed by atoms with Gasteiger partial charge < -0.3 is 5.32 Å². The van der Waals surface area contributed by atoms with Gasteiger partial charge in [0.1, 0.15) is 0 Å². The molecule has 0 radical (unpaired) electrons. The van der Waals surface area contributed by atoms with E-state index in [9.17, 15) is 4.79 Å². The lowest BCUT2D eigenvalue weighted by Gasteiger charge is -2.25. The molecule has 4 nitrogen and oxygen atoms in total. The highest BCUT2D eigenvalue weighted by atomic mass is 35.5. The predicted octanol–water partition coefficient (Wildman–Crippen LogP) is 3.96. The SMILES string of the molecule is O=C(C1CC=CCC1)N1CCN=C1Nc1cccc(Cl)c1Cl. The Labute approximate surface area is 139 Å². The molecular formula is C16H17Cl2N3O. The summed E-state index contributed by atoms with van der Waals surface area (Å²) >= 11 is 12.2. The fourth-order valence-corrected chi connectivity index (χ4v) is 3.08. The first-order chi connectivity index (χ1) is 10.7. The Morgan fingerprint density at radius 1 is 1.32 bits per heavy atom. The van der Waals surface area contributed by atoms with Gasteiger partial charge in [-0.25, -0.2) is 0 Å². The molecule has 6 heteroatoms. The van der Waals surface area contributed by atoms with Crippen molar-refractivity contribution in [2.24, 2.45) is 10.9 Å². The van der Waals surface area contributed by atoms with E-state index in [1.54, 1.807) is 11.0 Å². The molecule has 1 heterocycles. The molecule has 1 N–H and O–H groups in total. The van der Waals surface area contributed by atoms with Crippen LogP contribution in [-0.4, -0.2) is 29.9 Å². The van der Waals surface area contributed by atoms with Crippen molar-refractivity contribution in [1.82, 2.24) is 4.90 Å². The fourth-order valence-electron chi connectivity index (χ4n) is 2.73. The first-order valence-corrected chi connectivity index (χ1v) is 8.14. The molecular weight excluding hydrogens is 321 g/mol. The second-order valence-electron chi connectivity index (χ2n) is 5.40. The molecule has 0 spiro atoms. The maximum atomic E-state index is 12.7. The predicted molar refractivity (Wildman–Crippen MR) is 90.6 cm³/mol. The van der Waals surface area contributed by atoms with E-state index in [-0.39, 0.29) is 11.8 Å². The number of nitrogens with zero attached hydrogens (tertiary/aromatic N) is 2. The maximum absolute atomic E-state index is 12.7. The van der Waals surface area contributed by atoms with E-state index >= 15 is 0 Å². The fraction of sp³-hybridized carbons (Fsp3) is 0.375. The summed E-state index contributed by atoms with van der Waals surface area (Å²) in [7, 11) is 0. The van der Waals surface area contributed by atoms with Crippen molar-refractivity contribution in [2.45, 2.75) is 19.3 Å². The van der Waals surface area contributed by atoms with Crippen LogP contribution in [0.25, 0.3) is 0 Å². The number of nitrogens with one attached hydrogen (secondary N) is 1. The zero-order valence-electron chi connectivity index (χ0n) is 12.1. The van der Waals surface area contributed by atoms with Gasteiger partial charge in [0.2, 0.25) is 11.9 Å². The molecule has 1 atom stereocenters. The average Bonchev–Trinajstić information content (AvgIpc) is 3.00. The molecule has 1 unspecified atom stereocenters. The first-order valence-electron chi connectivity index (χ1n) is 7.38. The van der Waals surface area contributed by atoms with Crippen LogP contribution in [0.3, 0.4) is 0 Å². The second-order valence-corrected chi connectivity index (χ2v) is 6.19. The third-order valence-electron chi connectivity index (χ3n) is 3.92. The molecule has 1 amide bonds. The van der Waals surface area contributed by atoms with Crippen molar-refractivity contribution in [2.75, 3.05) is 18.4 Å². The van der Waals surface area contributed by atoms with Crippen molar-refractivity contribution in [3.05, 3.63) is 40.4 Å². The minimum Gasteiger partial charge on any atom is -0.324 e. The topological polar surface area (TPSA) is 44.7 Å². The minimum atomic E-state index is 0.0462. The van der Waals surface area contributed by atoms with Gasteiger partial charge in [-0.15, -0.1) is 0 Å². The van der Waals surface area contributed by atoms with E-state index in [0.29, 0.717) is 34.8 Å². The molecule has 3 rings (SSSR count). The molecule has 0 saturated carbocycles. The van der Waals surface area contributed by atoms with Crippen LogP contribution >= 0.6 is 23.2 Å². The highest BCUT2D eigenvalue weighted by molar-refractivity contribution is 6.44. The van der Waals surface area contributed by atoms with Gasteiger partial charge in [0.25, 0.3) is 0 Å². The normalized spacial score (nSPS) is 20.9. The number of halogens is 2. The van der Waals surface area contributed by atoms with E-state index in [1.165, 1.54) is 0 Å². The monoisotopic (exact) mass is 337 g/mol. The molecule has 0 aromatic heterocycles. The Morgan fingerprint density at radius 3 is 2.95 bits per heavy atom. The Balaban J connectivity index is 1.74. The van der Waals surface area contributed by atoms with Crippen molar-refractivity contribution in [1.29, 1.82) is 0 Å². The number of hydrogen-bond acceptors (Lipinski definition) is 3. The van der Waals surface area contributed by atoms with Gasteiger partial charge in [-0.2, -0.15) is 0 Å².